The molecule has 0 saturated heterocycles. The van der Waals surface area contributed by atoms with Gasteiger partial charge in [-0.1, -0.05) is 43.9 Å². The summed E-state index contributed by atoms with van der Waals surface area (Å²) in [5.74, 6) is 2.27. The number of ether oxygens (including phenoxy) is 3. The molecule has 0 atom stereocenters. The van der Waals surface area contributed by atoms with Crippen molar-refractivity contribution in [2.45, 2.75) is 46.5 Å². The Morgan fingerprint density at radius 3 is 2.38 bits per heavy atom. The summed E-state index contributed by atoms with van der Waals surface area (Å²) < 4.78 is 17.5. The first-order chi connectivity index (χ1) is 12.6. The predicted molar refractivity (Wildman–Crippen MR) is 104 cm³/mol. The first-order valence-electron chi connectivity index (χ1n) is 9.14. The standard InChI is InChI=1S/C22H28O4/c1-5-6-7-8-11-25-22-20(24-4)13-18(15-23)14-21(22)26-19-10-9-16(2)12-17(19)3/h9-10,12-15H,5-8,11H2,1-4H3. The minimum atomic E-state index is 0.486. The summed E-state index contributed by atoms with van der Waals surface area (Å²) in [6.45, 7) is 6.80. The van der Waals surface area contributed by atoms with E-state index in [1.165, 1.54) is 18.4 Å². The quantitative estimate of drug-likeness (QED) is 0.394. The zero-order valence-electron chi connectivity index (χ0n) is 16.1. The van der Waals surface area contributed by atoms with E-state index < -0.39 is 0 Å². The Bertz CT molecular complexity index is 737. The number of rotatable bonds is 10. The third-order valence-electron chi connectivity index (χ3n) is 4.19. The lowest BCUT2D eigenvalue weighted by molar-refractivity contribution is 0.112. The maximum Gasteiger partial charge on any atom is 0.204 e. The molecule has 0 amide bonds. The van der Waals surface area contributed by atoms with E-state index in [1.54, 1.807) is 19.2 Å². The highest BCUT2D eigenvalue weighted by molar-refractivity contribution is 5.78. The van der Waals surface area contributed by atoms with E-state index in [-0.39, 0.29) is 0 Å². The number of unbranched alkanes of at least 4 members (excludes halogenated alkanes) is 3. The van der Waals surface area contributed by atoms with Gasteiger partial charge in [-0.05, 0) is 44.0 Å². The highest BCUT2D eigenvalue weighted by atomic mass is 16.5. The Balaban J connectivity index is 2.29. The summed E-state index contributed by atoms with van der Waals surface area (Å²) in [5.41, 5.74) is 2.68. The van der Waals surface area contributed by atoms with Crippen molar-refractivity contribution < 1.29 is 19.0 Å². The van der Waals surface area contributed by atoms with Crippen molar-refractivity contribution in [3.63, 3.8) is 0 Å². The van der Waals surface area contributed by atoms with Crippen molar-refractivity contribution in [3.8, 4) is 23.0 Å². The Kier molecular flexibility index (Phi) is 7.52. The van der Waals surface area contributed by atoms with Crippen molar-refractivity contribution in [2.75, 3.05) is 13.7 Å². The fraction of sp³-hybridized carbons (Fsp3) is 0.409. The van der Waals surface area contributed by atoms with E-state index in [0.29, 0.717) is 29.4 Å². The number of carbonyl (C=O) groups is 1. The summed E-state index contributed by atoms with van der Waals surface area (Å²) in [4.78, 5) is 11.3. The first kappa shape index (κ1) is 19.8. The molecular weight excluding hydrogens is 328 g/mol. The SMILES string of the molecule is CCCCCCOc1c(OC)cc(C=O)cc1Oc1ccc(C)cc1C. The van der Waals surface area contributed by atoms with Crippen LogP contribution < -0.4 is 14.2 Å². The molecule has 4 heteroatoms. The molecule has 0 radical (unpaired) electrons. The Labute approximate surface area is 156 Å². The van der Waals surface area contributed by atoms with Crippen molar-refractivity contribution in [3.05, 3.63) is 47.0 Å². The van der Waals surface area contributed by atoms with E-state index in [4.69, 9.17) is 14.2 Å². The average Bonchev–Trinajstić information content (AvgIpc) is 2.64. The number of hydrogen-bond acceptors (Lipinski definition) is 4. The topological polar surface area (TPSA) is 44.8 Å². The molecule has 2 aromatic carbocycles. The molecule has 0 aliphatic carbocycles. The van der Waals surface area contributed by atoms with Gasteiger partial charge in [0.1, 0.15) is 12.0 Å². The summed E-state index contributed by atoms with van der Waals surface area (Å²) >= 11 is 0. The Morgan fingerprint density at radius 2 is 1.73 bits per heavy atom. The van der Waals surface area contributed by atoms with Gasteiger partial charge < -0.3 is 14.2 Å². The molecular formula is C22H28O4. The van der Waals surface area contributed by atoms with Crippen LogP contribution in [0.15, 0.2) is 30.3 Å². The number of hydrogen-bond donors (Lipinski definition) is 0. The average molecular weight is 356 g/mol. The summed E-state index contributed by atoms with van der Waals surface area (Å²) in [5, 5.41) is 0. The van der Waals surface area contributed by atoms with Gasteiger partial charge in [-0.3, -0.25) is 4.79 Å². The molecule has 4 nitrogen and oxygen atoms in total. The van der Waals surface area contributed by atoms with E-state index >= 15 is 0 Å². The number of methoxy groups -OCH3 is 1. The van der Waals surface area contributed by atoms with Gasteiger partial charge in [0.2, 0.25) is 5.75 Å². The Morgan fingerprint density at radius 1 is 0.962 bits per heavy atom. The van der Waals surface area contributed by atoms with Crippen LogP contribution >= 0.6 is 0 Å². The third kappa shape index (κ3) is 5.25. The zero-order valence-corrected chi connectivity index (χ0v) is 16.1. The third-order valence-corrected chi connectivity index (χ3v) is 4.19. The molecule has 0 saturated carbocycles. The second-order valence-corrected chi connectivity index (χ2v) is 6.45. The van der Waals surface area contributed by atoms with E-state index in [0.717, 1.165) is 30.4 Å². The second kappa shape index (κ2) is 9.85. The normalized spacial score (nSPS) is 10.5. The van der Waals surface area contributed by atoms with Gasteiger partial charge in [0.05, 0.1) is 13.7 Å². The zero-order chi connectivity index (χ0) is 18.9. The number of carbonyl (C=O) groups excluding carboxylic acids is 1. The molecule has 2 aromatic rings. The summed E-state index contributed by atoms with van der Waals surface area (Å²) in [7, 11) is 1.56. The van der Waals surface area contributed by atoms with Crippen LogP contribution in [0.4, 0.5) is 0 Å². The molecule has 0 spiro atoms. The molecule has 0 aromatic heterocycles. The maximum atomic E-state index is 11.3. The van der Waals surface area contributed by atoms with Gasteiger partial charge in [0.15, 0.2) is 11.5 Å². The highest BCUT2D eigenvalue weighted by Crippen LogP contribution is 2.41. The molecule has 0 aliphatic rings. The fourth-order valence-electron chi connectivity index (χ4n) is 2.77. The molecule has 0 fully saturated rings. The van der Waals surface area contributed by atoms with Gasteiger partial charge in [-0.15, -0.1) is 0 Å². The van der Waals surface area contributed by atoms with Gasteiger partial charge in [0, 0.05) is 5.56 Å². The van der Waals surface area contributed by atoms with Crippen LogP contribution in [0.25, 0.3) is 0 Å². The van der Waals surface area contributed by atoms with Crippen LogP contribution in [0.1, 0.15) is 54.1 Å². The number of aryl methyl sites for hydroxylation is 2. The van der Waals surface area contributed by atoms with Gasteiger partial charge in [-0.2, -0.15) is 0 Å². The van der Waals surface area contributed by atoms with Crippen molar-refractivity contribution in [2.24, 2.45) is 0 Å². The van der Waals surface area contributed by atoms with E-state index in [9.17, 15) is 4.79 Å². The van der Waals surface area contributed by atoms with Crippen LogP contribution in [0.3, 0.4) is 0 Å². The monoisotopic (exact) mass is 356 g/mol. The van der Waals surface area contributed by atoms with Gasteiger partial charge in [0.25, 0.3) is 0 Å². The lowest BCUT2D eigenvalue weighted by atomic mass is 10.1. The lowest BCUT2D eigenvalue weighted by Crippen LogP contribution is -2.03. The predicted octanol–water partition coefficient (Wildman–Crippen LogP) is 5.88. The fourth-order valence-corrected chi connectivity index (χ4v) is 2.77. The number of benzene rings is 2. The van der Waals surface area contributed by atoms with Crippen LogP contribution in [0, 0.1) is 13.8 Å². The van der Waals surface area contributed by atoms with Gasteiger partial charge in [-0.25, -0.2) is 0 Å². The van der Waals surface area contributed by atoms with Gasteiger partial charge >= 0.3 is 0 Å². The van der Waals surface area contributed by atoms with E-state index in [2.05, 4.69) is 13.0 Å². The lowest BCUT2D eigenvalue weighted by Gasteiger charge is -2.17. The Hall–Kier alpha value is -2.49. The summed E-state index contributed by atoms with van der Waals surface area (Å²) in [6, 6.07) is 9.34. The molecule has 0 bridgehead atoms. The smallest absolute Gasteiger partial charge is 0.204 e. The molecule has 0 N–H and O–H groups in total. The molecule has 0 heterocycles. The minimum Gasteiger partial charge on any atom is -0.493 e. The van der Waals surface area contributed by atoms with Crippen LogP contribution in [0.5, 0.6) is 23.0 Å². The van der Waals surface area contributed by atoms with Crippen LogP contribution in [-0.4, -0.2) is 20.0 Å². The highest BCUT2D eigenvalue weighted by Gasteiger charge is 2.16. The molecule has 2 rings (SSSR count). The largest absolute Gasteiger partial charge is 0.493 e. The van der Waals surface area contributed by atoms with E-state index in [1.807, 2.05) is 26.0 Å². The number of aldehydes is 1. The maximum absolute atomic E-state index is 11.3. The van der Waals surface area contributed by atoms with Crippen molar-refractivity contribution >= 4 is 6.29 Å². The summed E-state index contributed by atoms with van der Waals surface area (Å²) in [6.07, 6.45) is 5.24. The van der Waals surface area contributed by atoms with Crippen LogP contribution in [0.2, 0.25) is 0 Å². The van der Waals surface area contributed by atoms with Crippen molar-refractivity contribution in [1.82, 2.24) is 0 Å². The van der Waals surface area contributed by atoms with Crippen LogP contribution in [-0.2, 0) is 0 Å². The second-order valence-electron chi connectivity index (χ2n) is 6.45. The van der Waals surface area contributed by atoms with Crippen molar-refractivity contribution in [1.29, 1.82) is 0 Å². The first-order valence-corrected chi connectivity index (χ1v) is 9.14. The molecule has 0 aliphatic heterocycles. The minimum absolute atomic E-state index is 0.486. The molecule has 0 unspecified atom stereocenters. The molecule has 26 heavy (non-hydrogen) atoms. The molecule has 140 valence electrons.